The molecular formula is C18H29NO2. The summed E-state index contributed by atoms with van der Waals surface area (Å²) in [6.07, 6.45) is 3.27. The standard InChI is InChI=1S/C18H29NO2/c1-4-18(3)12-17(10-11-21-18)19-13-15-8-6-7-9-16(15)14-20-5-2/h6-9,17,19H,4-5,10-14H2,1-3H3. The SMILES string of the molecule is CCOCc1ccccc1CNC1CCOC(C)(CC)C1. The van der Waals surface area contributed by atoms with Crippen LogP contribution in [-0.2, 0) is 22.6 Å². The minimum atomic E-state index is 0.0424. The molecule has 1 aromatic carbocycles. The van der Waals surface area contributed by atoms with Crippen LogP contribution >= 0.6 is 0 Å². The fraction of sp³-hybridized carbons (Fsp3) is 0.667. The van der Waals surface area contributed by atoms with Gasteiger partial charge in [0.1, 0.15) is 0 Å². The second-order valence-corrected chi connectivity index (χ2v) is 6.13. The van der Waals surface area contributed by atoms with Gasteiger partial charge in [0.25, 0.3) is 0 Å². The molecule has 3 heteroatoms. The second kappa shape index (κ2) is 7.92. The van der Waals surface area contributed by atoms with Crippen molar-refractivity contribution < 1.29 is 9.47 Å². The van der Waals surface area contributed by atoms with E-state index in [0.29, 0.717) is 12.6 Å². The third kappa shape index (κ3) is 4.80. The molecule has 0 bridgehead atoms. The van der Waals surface area contributed by atoms with E-state index in [1.54, 1.807) is 0 Å². The predicted octanol–water partition coefficient (Wildman–Crippen LogP) is 3.66. The summed E-state index contributed by atoms with van der Waals surface area (Å²) < 4.78 is 11.5. The van der Waals surface area contributed by atoms with Gasteiger partial charge in [-0.25, -0.2) is 0 Å². The van der Waals surface area contributed by atoms with Gasteiger partial charge in [-0.3, -0.25) is 0 Å². The molecule has 0 radical (unpaired) electrons. The van der Waals surface area contributed by atoms with E-state index < -0.39 is 0 Å². The molecule has 21 heavy (non-hydrogen) atoms. The molecule has 0 amide bonds. The Morgan fingerprint density at radius 3 is 2.76 bits per heavy atom. The van der Waals surface area contributed by atoms with E-state index in [4.69, 9.17) is 9.47 Å². The number of benzene rings is 1. The monoisotopic (exact) mass is 291 g/mol. The van der Waals surface area contributed by atoms with Gasteiger partial charge in [0.2, 0.25) is 0 Å². The van der Waals surface area contributed by atoms with Gasteiger partial charge in [0.05, 0.1) is 12.2 Å². The molecule has 1 aromatic rings. The molecule has 1 heterocycles. The summed E-state index contributed by atoms with van der Waals surface area (Å²) in [4.78, 5) is 0. The van der Waals surface area contributed by atoms with Crippen LogP contribution < -0.4 is 5.32 Å². The highest BCUT2D eigenvalue weighted by molar-refractivity contribution is 5.26. The quantitative estimate of drug-likeness (QED) is 0.831. The van der Waals surface area contributed by atoms with Crippen molar-refractivity contribution in [2.45, 2.75) is 64.8 Å². The zero-order valence-corrected chi connectivity index (χ0v) is 13.7. The molecule has 0 aliphatic carbocycles. The van der Waals surface area contributed by atoms with E-state index in [0.717, 1.165) is 39.0 Å². The lowest BCUT2D eigenvalue weighted by molar-refractivity contribution is -0.0781. The van der Waals surface area contributed by atoms with Crippen molar-refractivity contribution in [2.24, 2.45) is 0 Å². The molecule has 0 spiro atoms. The Kier molecular flexibility index (Phi) is 6.22. The van der Waals surface area contributed by atoms with Gasteiger partial charge in [0, 0.05) is 25.8 Å². The Bertz CT molecular complexity index is 435. The van der Waals surface area contributed by atoms with E-state index in [2.05, 4.69) is 43.4 Å². The van der Waals surface area contributed by atoms with Crippen molar-refractivity contribution >= 4 is 0 Å². The first kappa shape index (κ1) is 16.5. The van der Waals surface area contributed by atoms with Crippen LogP contribution in [-0.4, -0.2) is 24.9 Å². The number of nitrogens with one attached hydrogen (secondary N) is 1. The van der Waals surface area contributed by atoms with Crippen molar-refractivity contribution in [3.63, 3.8) is 0 Å². The van der Waals surface area contributed by atoms with Crippen LogP contribution in [0.5, 0.6) is 0 Å². The highest BCUT2D eigenvalue weighted by Gasteiger charge is 2.31. The molecule has 1 N–H and O–H groups in total. The molecule has 3 nitrogen and oxygen atoms in total. The summed E-state index contributed by atoms with van der Waals surface area (Å²) in [6, 6.07) is 9.09. The molecule has 1 saturated heterocycles. The summed E-state index contributed by atoms with van der Waals surface area (Å²) in [7, 11) is 0. The third-order valence-electron chi connectivity index (χ3n) is 4.50. The minimum Gasteiger partial charge on any atom is -0.377 e. The molecule has 1 aliphatic rings. The number of hydrogen-bond acceptors (Lipinski definition) is 3. The first-order valence-electron chi connectivity index (χ1n) is 8.18. The van der Waals surface area contributed by atoms with E-state index in [1.807, 2.05) is 6.92 Å². The molecule has 1 aliphatic heterocycles. The Hall–Kier alpha value is -0.900. The molecule has 0 saturated carbocycles. The van der Waals surface area contributed by atoms with Crippen molar-refractivity contribution in [3.05, 3.63) is 35.4 Å². The van der Waals surface area contributed by atoms with Gasteiger partial charge < -0.3 is 14.8 Å². The fourth-order valence-electron chi connectivity index (χ4n) is 2.89. The van der Waals surface area contributed by atoms with E-state index >= 15 is 0 Å². The van der Waals surface area contributed by atoms with Crippen LogP contribution in [0, 0.1) is 0 Å². The normalized spacial score (nSPS) is 26.0. The Balaban J connectivity index is 1.90. The summed E-state index contributed by atoms with van der Waals surface area (Å²) in [5, 5.41) is 3.71. The first-order valence-corrected chi connectivity index (χ1v) is 8.18. The van der Waals surface area contributed by atoms with Crippen molar-refractivity contribution in [3.8, 4) is 0 Å². The van der Waals surface area contributed by atoms with E-state index in [-0.39, 0.29) is 5.60 Å². The molecule has 2 atom stereocenters. The molecule has 1 fully saturated rings. The highest BCUT2D eigenvalue weighted by Crippen LogP contribution is 2.28. The topological polar surface area (TPSA) is 30.5 Å². The zero-order valence-electron chi connectivity index (χ0n) is 13.7. The van der Waals surface area contributed by atoms with Crippen LogP contribution in [0.4, 0.5) is 0 Å². The number of ether oxygens (including phenoxy) is 2. The second-order valence-electron chi connectivity index (χ2n) is 6.13. The third-order valence-corrected chi connectivity index (χ3v) is 4.50. The first-order chi connectivity index (χ1) is 10.2. The smallest absolute Gasteiger partial charge is 0.0719 e. The fourth-order valence-corrected chi connectivity index (χ4v) is 2.89. The molecule has 2 rings (SSSR count). The maximum atomic E-state index is 5.91. The minimum absolute atomic E-state index is 0.0424. The van der Waals surface area contributed by atoms with Crippen molar-refractivity contribution in [1.29, 1.82) is 0 Å². The van der Waals surface area contributed by atoms with Crippen LogP contribution in [0.3, 0.4) is 0 Å². The Morgan fingerprint density at radius 2 is 2.05 bits per heavy atom. The lowest BCUT2D eigenvalue weighted by Gasteiger charge is -2.38. The predicted molar refractivity (Wildman–Crippen MR) is 86.3 cm³/mol. The Morgan fingerprint density at radius 1 is 1.29 bits per heavy atom. The maximum absolute atomic E-state index is 5.91. The van der Waals surface area contributed by atoms with Gasteiger partial charge in [-0.05, 0) is 44.2 Å². The largest absolute Gasteiger partial charge is 0.377 e. The maximum Gasteiger partial charge on any atom is 0.0719 e. The van der Waals surface area contributed by atoms with Crippen LogP contribution in [0.15, 0.2) is 24.3 Å². The summed E-state index contributed by atoms with van der Waals surface area (Å²) in [5.74, 6) is 0. The van der Waals surface area contributed by atoms with Crippen LogP contribution in [0.25, 0.3) is 0 Å². The summed E-state index contributed by atoms with van der Waals surface area (Å²) >= 11 is 0. The molecule has 118 valence electrons. The lowest BCUT2D eigenvalue weighted by atomic mass is 9.90. The van der Waals surface area contributed by atoms with Crippen LogP contribution in [0.2, 0.25) is 0 Å². The highest BCUT2D eigenvalue weighted by atomic mass is 16.5. The molecule has 2 unspecified atom stereocenters. The van der Waals surface area contributed by atoms with Crippen LogP contribution in [0.1, 0.15) is 51.2 Å². The zero-order chi connectivity index (χ0) is 15.1. The van der Waals surface area contributed by atoms with Gasteiger partial charge in [-0.2, -0.15) is 0 Å². The van der Waals surface area contributed by atoms with Gasteiger partial charge in [0.15, 0.2) is 0 Å². The van der Waals surface area contributed by atoms with Gasteiger partial charge in [-0.1, -0.05) is 31.2 Å². The lowest BCUT2D eigenvalue weighted by Crippen LogP contribution is -2.44. The number of hydrogen-bond donors (Lipinski definition) is 1. The van der Waals surface area contributed by atoms with Crippen molar-refractivity contribution in [2.75, 3.05) is 13.2 Å². The van der Waals surface area contributed by atoms with Crippen molar-refractivity contribution in [1.82, 2.24) is 5.32 Å². The molecular weight excluding hydrogens is 262 g/mol. The average Bonchev–Trinajstić information content (AvgIpc) is 2.52. The number of rotatable bonds is 7. The van der Waals surface area contributed by atoms with Gasteiger partial charge >= 0.3 is 0 Å². The molecule has 0 aromatic heterocycles. The summed E-state index contributed by atoms with van der Waals surface area (Å²) in [6.45, 7) is 9.71. The van der Waals surface area contributed by atoms with E-state index in [9.17, 15) is 0 Å². The average molecular weight is 291 g/mol. The van der Waals surface area contributed by atoms with E-state index in [1.165, 1.54) is 11.1 Å². The summed E-state index contributed by atoms with van der Waals surface area (Å²) in [5.41, 5.74) is 2.67. The Labute approximate surface area is 129 Å². The van der Waals surface area contributed by atoms with Gasteiger partial charge in [-0.15, -0.1) is 0 Å².